The molecule has 1 fully saturated rings. The van der Waals surface area contributed by atoms with Crippen molar-refractivity contribution in [1.29, 1.82) is 0 Å². The summed E-state index contributed by atoms with van der Waals surface area (Å²) in [5, 5.41) is 12.8. The maximum atomic E-state index is 11.5. The normalized spacial score (nSPS) is 24.9. The molecule has 1 rings (SSSR count). The van der Waals surface area contributed by atoms with Crippen molar-refractivity contribution in [3.8, 4) is 0 Å². The summed E-state index contributed by atoms with van der Waals surface area (Å²) < 4.78 is 0. The molecule has 0 aromatic carbocycles. The highest BCUT2D eigenvalue weighted by atomic mass is 79.9. The molecule has 1 heterocycles. The van der Waals surface area contributed by atoms with Crippen LogP contribution in [0.3, 0.4) is 0 Å². The summed E-state index contributed by atoms with van der Waals surface area (Å²) in [4.78, 5) is 13.6. The van der Waals surface area contributed by atoms with Gasteiger partial charge in [-0.2, -0.15) is 0 Å². The summed E-state index contributed by atoms with van der Waals surface area (Å²) >= 11 is 3.24. The number of hydrogen-bond acceptors (Lipinski definition) is 3. The molecule has 88 valence electrons. The summed E-state index contributed by atoms with van der Waals surface area (Å²) in [5.41, 5.74) is 0. The number of amides is 1. The maximum Gasteiger partial charge on any atom is 0.224 e. The van der Waals surface area contributed by atoms with Gasteiger partial charge in [0.05, 0.1) is 12.0 Å². The Labute approximate surface area is 99.2 Å². The molecule has 2 N–H and O–H groups in total. The Bertz CT molecular complexity index is 214. The van der Waals surface area contributed by atoms with Gasteiger partial charge in [-0.25, -0.2) is 0 Å². The molecule has 2 atom stereocenters. The van der Waals surface area contributed by atoms with E-state index in [0.29, 0.717) is 11.9 Å². The topological polar surface area (TPSA) is 52.6 Å². The lowest BCUT2D eigenvalue weighted by Gasteiger charge is -2.32. The van der Waals surface area contributed by atoms with Crippen molar-refractivity contribution in [1.82, 2.24) is 10.2 Å². The van der Waals surface area contributed by atoms with E-state index in [0.717, 1.165) is 25.9 Å². The van der Waals surface area contributed by atoms with E-state index in [1.165, 1.54) is 0 Å². The Morgan fingerprint density at radius 3 is 3.07 bits per heavy atom. The van der Waals surface area contributed by atoms with Crippen molar-refractivity contribution >= 4 is 21.8 Å². The van der Waals surface area contributed by atoms with Gasteiger partial charge >= 0.3 is 0 Å². The van der Waals surface area contributed by atoms with E-state index in [1.807, 2.05) is 0 Å². The zero-order chi connectivity index (χ0) is 11.3. The first kappa shape index (κ1) is 12.9. The number of β-amino-alcohol motifs (C(OH)–C–C–N with tert-alkyl or cyclic N) is 1. The minimum absolute atomic E-state index is 0.0891. The summed E-state index contributed by atoms with van der Waals surface area (Å²) in [6, 6.07) is 0. The first-order valence-electron chi connectivity index (χ1n) is 5.35. The van der Waals surface area contributed by atoms with Gasteiger partial charge in [0, 0.05) is 25.5 Å². The number of likely N-dealkylation sites (tertiary alicyclic amines) is 1. The fourth-order valence-corrected chi connectivity index (χ4v) is 2.19. The van der Waals surface area contributed by atoms with Gasteiger partial charge in [-0.05, 0) is 19.4 Å². The second-order valence-corrected chi connectivity index (χ2v) is 4.67. The average molecular weight is 279 g/mol. The van der Waals surface area contributed by atoms with E-state index < -0.39 is 0 Å². The van der Waals surface area contributed by atoms with Crippen molar-refractivity contribution in [3.63, 3.8) is 0 Å². The fraction of sp³-hybridized carbons (Fsp3) is 0.900. The lowest BCUT2D eigenvalue weighted by Crippen LogP contribution is -2.45. The van der Waals surface area contributed by atoms with Crippen LogP contribution >= 0.6 is 15.9 Å². The maximum absolute atomic E-state index is 11.5. The number of nitrogens with one attached hydrogen (secondary N) is 1. The van der Waals surface area contributed by atoms with E-state index in [2.05, 4.69) is 26.1 Å². The first-order chi connectivity index (χ1) is 7.17. The van der Waals surface area contributed by atoms with Crippen LogP contribution in [0.5, 0.6) is 0 Å². The van der Waals surface area contributed by atoms with Gasteiger partial charge in [-0.1, -0.05) is 15.9 Å². The number of carbonyl (C=O) groups is 1. The Kier molecular flexibility index (Phi) is 5.56. The van der Waals surface area contributed by atoms with Gasteiger partial charge in [-0.3, -0.25) is 9.69 Å². The SMILES string of the molecule is CNC(=O)C1CCCN(CC(O)CBr)C1. The van der Waals surface area contributed by atoms with Gasteiger partial charge in [0.1, 0.15) is 0 Å². The molecule has 0 saturated carbocycles. The quantitative estimate of drug-likeness (QED) is 0.723. The summed E-state index contributed by atoms with van der Waals surface area (Å²) in [7, 11) is 1.68. The van der Waals surface area contributed by atoms with E-state index >= 15 is 0 Å². The third kappa shape index (κ3) is 4.09. The van der Waals surface area contributed by atoms with Gasteiger partial charge in [-0.15, -0.1) is 0 Å². The Morgan fingerprint density at radius 2 is 2.47 bits per heavy atom. The number of halogens is 1. The Balaban J connectivity index is 2.38. The van der Waals surface area contributed by atoms with Crippen molar-refractivity contribution in [3.05, 3.63) is 0 Å². The predicted molar refractivity (Wildman–Crippen MR) is 63.0 cm³/mol. The molecule has 0 bridgehead atoms. The molecule has 0 aliphatic carbocycles. The molecule has 0 aromatic rings. The molecule has 0 radical (unpaired) electrons. The standard InChI is InChI=1S/C10H19BrN2O2/c1-12-10(15)8-3-2-4-13(6-8)7-9(14)5-11/h8-9,14H,2-7H2,1H3,(H,12,15). The molecular formula is C10H19BrN2O2. The highest BCUT2D eigenvalue weighted by Crippen LogP contribution is 2.16. The van der Waals surface area contributed by atoms with Crippen LogP contribution in [0, 0.1) is 5.92 Å². The number of alkyl halides is 1. The molecule has 1 amide bonds. The van der Waals surface area contributed by atoms with Gasteiger partial charge in [0.2, 0.25) is 5.91 Å². The van der Waals surface area contributed by atoms with Crippen LogP contribution in [0.4, 0.5) is 0 Å². The highest BCUT2D eigenvalue weighted by molar-refractivity contribution is 9.09. The molecule has 1 aliphatic rings. The van der Waals surface area contributed by atoms with Crippen LogP contribution < -0.4 is 5.32 Å². The van der Waals surface area contributed by atoms with Gasteiger partial charge in [0.25, 0.3) is 0 Å². The molecule has 15 heavy (non-hydrogen) atoms. The molecule has 0 aromatic heterocycles. The molecule has 5 heteroatoms. The number of hydrogen-bond donors (Lipinski definition) is 2. The second-order valence-electron chi connectivity index (χ2n) is 4.02. The third-order valence-corrected chi connectivity index (χ3v) is 3.52. The predicted octanol–water partition coefficient (Wildman–Crippen LogP) is 0.200. The van der Waals surface area contributed by atoms with Crippen LogP contribution in [0.15, 0.2) is 0 Å². The first-order valence-corrected chi connectivity index (χ1v) is 6.47. The van der Waals surface area contributed by atoms with Gasteiger partial charge in [0.15, 0.2) is 0 Å². The molecule has 4 nitrogen and oxygen atoms in total. The summed E-state index contributed by atoms with van der Waals surface area (Å²) in [6.45, 7) is 2.40. The van der Waals surface area contributed by atoms with Crippen molar-refractivity contribution in [2.45, 2.75) is 18.9 Å². The smallest absolute Gasteiger partial charge is 0.224 e. The third-order valence-electron chi connectivity index (χ3n) is 2.77. The number of rotatable bonds is 4. The number of carbonyl (C=O) groups excluding carboxylic acids is 1. The Hall–Kier alpha value is -0.130. The van der Waals surface area contributed by atoms with E-state index in [9.17, 15) is 9.90 Å². The van der Waals surface area contributed by atoms with Crippen molar-refractivity contribution in [2.75, 3.05) is 32.0 Å². The van der Waals surface area contributed by atoms with E-state index in [4.69, 9.17) is 0 Å². The molecule has 1 aliphatic heterocycles. The minimum atomic E-state index is -0.339. The Morgan fingerprint density at radius 1 is 1.73 bits per heavy atom. The summed E-state index contributed by atoms with van der Waals surface area (Å²) in [5.74, 6) is 0.208. The molecular weight excluding hydrogens is 260 g/mol. The number of aliphatic hydroxyl groups is 1. The second kappa shape index (κ2) is 6.45. The fourth-order valence-electron chi connectivity index (χ4n) is 1.99. The molecule has 0 spiro atoms. The molecule has 2 unspecified atom stereocenters. The van der Waals surface area contributed by atoms with Crippen LogP contribution in [-0.4, -0.2) is 54.0 Å². The zero-order valence-corrected chi connectivity index (χ0v) is 10.7. The van der Waals surface area contributed by atoms with Crippen molar-refractivity contribution < 1.29 is 9.90 Å². The van der Waals surface area contributed by atoms with Gasteiger partial charge < -0.3 is 10.4 Å². The minimum Gasteiger partial charge on any atom is -0.391 e. The zero-order valence-electron chi connectivity index (χ0n) is 9.08. The van der Waals surface area contributed by atoms with Crippen LogP contribution in [-0.2, 0) is 4.79 Å². The highest BCUT2D eigenvalue weighted by Gasteiger charge is 2.25. The lowest BCUT2D eigenvalue weighted by atomic mass is 9.97. The largest absolute Gasteiger partial charge is 0.391 e. The van der Waals surface area contributed by atoms with Crippen molar-refractivity contribution in [2.24, 2.45) is 5.92 Å². The number of aliphatic hydroxyl groups excluding tert-OH is 1. The van der Waals surface area contributed by atoms with E-state index in [-0.39, 0.29) is 17.9 Å². The van der Waals surface area contributed by atoms with Crippen LogP contribution in [0.25, 0.3) is 0 Å². The van der Waals surface area contributed by atoms with E-state index in [1.54, 1.807) is 7.05 Å². The van der Waals surface area contributed by atoms with Crippen LogP contribution in [0.2, 0.25) is 0 Å². The molecule has 1 saturated heterocycles. The lowest BCUT2D eigenvalue weighted by molar-refractivity contribution is -0.126. The van der Waals surface area contributed by atoms with Crippen LogP contribution in [0.1, 0.15) is 12.8 Å². The number of piperidine rings is 1. The number of nitrogens with zero attached hydrogens (tertiary/aromatic N) is 1. The summed E-state index contributed by atoms with van der Waals surface area (Å²) in [6.07, 6.45) is 1.65. The average Bonchev–Trinajstić information content (AvgIpc) is 2.28. The monoisotopic (exact) mass is 278 g/mol.